The van der Waals surface area contributed by atoms with E-state index in [0.29, 0.717) is 17.8 Å². The number of carbonyl (C=O) groups is 2. The number of anilines is 1. The van der Waals surface area contributed by atoms with Gasteiger partial charge in [0.1, 0.15) is 0 Å². The largest absolute Gasteiger partial charge is 1.00 e. The van der Waals surface area contributed by atoms with E-state index in [1.807, 2.05) is 0 Å². The first-order valence-electron chi connectivity index (χ1n) is 7.28. The molecule has 1 rings (SSSR count). The molecule has 0 aliphatic rings. The van der Waals surface area contributed by atoms with Gasteiger partial charge >= 0.3 is 0 Å². The molecule has 0 saturated heterocycles. The van der Waals surface area contributed by atoms with Gasteiger partial charge in [-0.05, 0) is 38.1 Å². The number of hydrogen-bond acceptors (Lipinski definition) is 2. The molecular formula is C15H22Cl3N3O2. The van der Waals surface area contributed by atoms with Crippen LogP contribution in [0.5, 0.6) is 0 Å². The lowest BCUT2D eigenvalue weighted by atomic mass is 10.2. The number of nitrogens with one attached hydrogen (secondary N) is 3. The third-order valence-electron chi connectivity index (χ3n) is 3.38. The fourth-order valence-electron chi connectivity index (χ4n) is 1.96. The maximum absolute atomic E-state index is 12.0. The molecular weight excluding hydrogens is 361 g/mol. The molecule has 23 heavy (non-hydrogen) atoms. The first-order chi connectivity index (χ1) is 10.5. The lowest BCUT2D eigenvalue weighted by Crippen LogP contribution is -3.12. The number of halogens is 3. The van der Waals surface area contributed by atoms with Crippen molar-refractivity contribution in [3.8, 4) is 0 Å². The third-order valence-corrected chi connectivity index (χ3v) is 3.77. The van der Waals surface area contributed by atoms with Crippen LogP contribution in [0, 0.1) is 0 Å². The van der Waals surface area contributed by atoms with Crippen LogP contribution >= 0.6 is 23.2 Å². The average molecular weight is 383 g/mol. The van der Waals surface area contributed by atoms with E-state index in [2.05, 4.69) is 24.5 Å². The maximum Gasteiger partial charge on any atom is 0.257 e. The topological polar surface area (TPSA) is 62.6 Å². The number of likely N-dealkylation sites (N-methyl/N-ethyl adjacent to an activating group) is 1. The Morgan fingerprint density at radius 1 is 1.13 bits per heavy atom. The number of carbonyl (C=O) groups excluding carboxylic acids is 2. The SMILES string of the molecule is CC[NH+](CC)CCNC(=O)c1ccc(NC(=O)C(Cl)Cl)cc1.[Cl-]. The summed E-state index contributed by atoms with van der Waals surface area (Å²) < 4.78 is 0. The van der Waals surface area contributed by atoms with Gasteiger partial charge in [0.15, 0.2) is 4.84 Å². The second-order valence-corrected chi connectivity index (χ2v) is 5.93. The minimum absolute atomic E-state index is 0. The highest BCUT2D eigenvalue weighted by Gasteiger charge is 2.12. The molecule has 3 N–H and O–H groups in total. The van der Waals surface area contributed by atoms with Crippen molar-refractivity contribution < 1.29 is 26.9 Å². The molecule has 0 heterocycles. The van der Waals surface area contributed by atoms with Crippen LogP contribution in [0.4, 0.5) is 5.69 Å². The number of quaternary nitrogens is 1. The molecule has 0 aliphatic heterocycles. The minimum Gasteiger partial charge on any atom is -1.00 e. The Bertz CT molecular complexity index is 491. The van der Waals surface area contributed by atoms with Gasteiger partial charge in [-0.3, -0.25) is 9.59 Å². The van der Waals surface area contributed by atoms with Crippen molar-refractivity contribution >= 4 is 40.7 Å². The van der Waals surface area contributed by atoms with E-state index in [1.54, 1.807) is 24.3 Å². The van der Waals surface area contributed by atoms with Crippen LogP contribution in [0.3, 0.4) is 0 Å². The Morgan fingerprint density at radius 2 is 1.70 bits per heavy atom. The smallest absolute Gasteiger partial charge is 0.257 e. The summed E-state index contributed by atoms with van der Waals surface area (Å²) in [5.41, 5.74) is 1.08. The van der Waals surface area contributed by atoms with Crippen molar-refractivity contribution in [3.63, 3.8) is 0 Å². The minimum atomic E-state index is -1.12. The van der Waals surface area contributed by atoms with Crippen molar-refractivity contribution in [1.29, 1.82) is 0 Å². The van der Waals surface area contributed by atoms with E-state index in [0.717, 1.165) is 19.6 Å². The zero-order chi connectivity index (χ0) is 16.5. The first kappa shape index (κ1) is 22.0. The highest BCUT2D eigenvalue weighted by molar-refractivity contribution is 6.54. The number of benzene rings is 1. The van der Waals surface area contributed by atoms with Crippen LogP contribution in [0.1, 0.15) is 24.2 Å². The van der Waals surface area contributed by atoms with E-state index in [9.17, 15) is 9.59 Å². The Labute approximate surface area is 153 Å². The summed E-state index contributed by atoms with van der Waals surface area (Å²) in [5, 5.41) is 5.43. The number of hydrogen-bond donors (Lipinski definition) is 3. The molecule has 0 unspecified atom stereocenters. The van der Waals surface area contributed by atoms with E-state index in [-0.39, 0.29) is 18.3 Å². The van der Waals surface area contributed by atoms with Crippen molar-refractivity contribution in [3.05, 3.63) is 29.8 Å². The van der Waals surface area contributed by atoms with Crippen LogP contribution in [-0.4, -0.2) is 42.8 Å². The number of amides is 2. The highest BCUT2D eigenvalue weighted by Crippen LogP contribution is 2.12. The van der Waals surface area contributed by atoms with Gasteiger partial charge in [0.2, 0.25) is 0 Å². The predicted octanol–water partition coefficient (Wildman–Crippen LogP) is -1.91. The lowest BCUT2D eigenvalue weighted by molar-refractivity contribution is -0.895. The highest BCUT2D eigenvalue weighted by atomic mass is 35.5. The molecule has 0 fully saturated rings. The molecule has 0 aliphatic carbocycles. The normalized spacial score (nSPS) is 10.3. The summed E-state index contributed by atoms with van der Waals surface area (Å²) in [7, 11) is 0. The molecule has 0 saturated carbocycles. The second kappa shape index (κ2) is 11.5. The van der Waals surface area contributed by atoms with Crippen LogP contribution in [-0.2, 0) is 4.79 Å². The number of rotatable bonds is 8. The summed E-state index contributed by atoms with van der Waals surface area (Å²) in [5.74, 6) is -0.625. The Kier molecular flexibility index (Phi) is 11.0. The maximum atomic E-state index is 12.0. The summed E-state index contributed by atoms with van der Waals surface area (Å²) in [4.78, 5) is 23.7. The molecule has 130 valence electrons. The van der Waals surface area contributed by atoms with E-state index >= 15 is 0 Å². The summed E-state index contributed by atoms with van der Waals surface area (Å²) in [6, 6.07) is 6.57. The zero-order valence-electron chi connectivity index (χ0n) is 13.2. The van der Waals surface area contributed by atoms with E-state index in [4.69, 9.17) is 23.2 Å². The van der Waals surface area contributed by atoms with Crippen molar-refractivity contribution in [2.75, 3.05) is 31.5 Å². The molecule has 0 bridgehead atoms. The molecule has 1 aromatic rings. The monoisotopic (exact) mass is 381 g/mol. The zero-order valence-corrected chi connectivity index (χ0v) is 15.4. The number of alkyl halides is 2. The lowest BCUT2D eigenvalue weighted by Gasteiger charge is -2.15. The van der Waals surface area contributed by atoms with Gasteiger partial charge in [-0.2, -0.15) is 0 Å². The molecule has 0 atom stereocenters. The molecule has 5 nitrogen and oxygen atoms in total. The van der Waals surface area contributed by atoms with Crippen LogP contribution in [0.2, 0.25) is 0 Å². The standard InChI is InChI=1S/C15H21Cl2N3O2.ClH/c1-3-20(4-2)10-9-18-14(21)11-5-7-12(8-6-11)19-15(22)13(16)17;/h5-8,13H,3-4,9-10H2,1-2H3,(H,18,21)(H,19,22);1H. The van der Waals surface area contributed by atoms with Gasteiger partial charge in [-0.15, -0.1) is 0 Å². The summed E-state index contributed by atoms with van der Waals surface area (Å²) in [6.45, 7) is 7.87. The van der Waals surface area contributed by atoms with Crippen LogP contribution in [0.25, 0.3) is 0 Å². The molecule has 1 aromatic carbocycles. The molecule has 0 aromatic heterocycles. The first-order valence-corrected chi connectivity index (χ1v) is 8.16. The van der Waals surface area contributed by atoms with Gasteiger partial charge in [0.25, 0.3) is 11.8 Å². The summed E-state index contributed by atoms with van der Waals surface area (Å²) in [6.07, 6.45) is 0. The molecule has 2 amide bonds. The summed E-state index contributed by atoms with van der Waals surface area (Å²) >= 11 is 10.9. The van der Waals surface area contributed by atoms with Crippen molar-refractivity contribution in [2.24, 2.45) is 0 Å². The fourth-order valence-corrected chi connectivity index (χ4v) is 2.07. The quantitative estimate of drug-likeness (QED) is 0.459. The van der Waals surface area contributed by atoms with Crippen molar-refractivity contribution in [2.45, 2.75) is 18.7 Å². The average Bonchev–Trinajstić information content (AvgIpc) is 2.52. The van der Waals surface area contributed by atoms with Crippen molar-refractivity contribution in [1.82, 2.24) is 5.32 Å². The van der Waals surface area contributed by atoms with Gasteiger partial charge in [-0.1, -0.05) is 23.2 Å². The molecule has 0 radical (unpaired) electrons. The Balaban J connectivity index is 0.00000484. The van der Waals surface area contributed by atoms with Gasteiger partial charge < -0.3 is 27.9 Å². The molecule has 8 heteroatoms. The van der Waals surface area contributed by atoms with Gasteiger partial charge in [-0.25, -0.2) is 0 Å². The Morgan fingerprint density at radius 3 is 2.17 bits per heavy atom. The second-order valence-electron chi connectivity index (χ2n) is 4.83. The van der Waals surface area contributed by atoms with Crippen LogP contribution < -0.4 is 27.9 Å². The Hall–Kier alpha value is -1.01. The fraction of sp³-hybridized carbons (Fsp3) is 0.467. The predicted molar refractivity (Wildman–Crippen MR) is 89.8 cm³/mol. The third kappa shape index (κ3) is 7.88. The van der Waals surface area contributed by atoms with E-state index < -0.39 is 10.7 Å². The van der Waals surface area contributed by atoms with Crippen LogP contribution in [0.15, 0.2) is 24.3 Å². The van der Waals surface area contributed by atoms with E-state index in [1.165, 1.54) is 4.90 Å². The van der Waals surface area contributed by atoms with Gasteiger partial charge in [0.05, 0.1) is 26.2 Å². The molecule has 0 spiro atoms. The van der Waals surface area contributed by atoms with Gasteiger partial charge in [0, 0.05) is 11.3 Å².